The minimum Gasteiger partial charge on any atom is -0.482 e. The van der Waals surface area contributed by atoms with Crippen molar-refractivity contribution >= 4 is 35.4 Å². The molecule has 4 rings (SSSR count). The van der Waals surface area contributed by atoms with Crippen molar-refractivity contribution in [2.75, 3.05) is 0 Å². The second kappa shape index (κ2) is 23.0. The molecule has 2 saturated heterocycles. The number of carbonyl (C=O) groups is 6. The normalized spacial score (nSPS) is 26.6. The van der Waals surface area contributed by atoms with Gasteiger partial charge in [0.2, 0.25) is 11.6 Å². The second-order valence-electron chi connectivity index (χ2n) is 15.1. The van der Waals surface area contributed by atoms with Gasteiger partial charge in [-0.1, -0.05) is 104 Å². The first-order valence-electron chi connectivity index (χ1n) is 19.9. The molecule has 0 spiro atoms. The van der Waals surface area contributed by atoms with Crippen LogP contribution >= 0.6 is 0 Å². The van der Waals surface area contributed by atoms with E-state index in [4.69, 9.17) is 29.2 Å². The predicted octanol–water partition coefficient (Wildman–Crippen LogP) is 7.35. The summed E-state index contributed by atoms with van der Waals surface area (Å²) in [7, 11) is 0. The highest BCUT2D eigenvalue weighted by Gasteiger charge is 2.45. The van der Waals surface area contributed by atoms with Crippen LogP contribution in [0.3, 0.4) is 0 Å². The van der Waals surface area contributed by atoms with Crippen LogP contribution in [0.15, 0.2) is 47.0 Å². The molecule has 4 atom stereocenters. The summed E-state index contributed by atoms with van der Waals surface area (Å²) >= 11 is 0. The summed E-state index contributed by atoms with van der Waals surface area (Å²) in [5.41, 5.74) is -1.43. The highest BCUT2D eigenvalue weighted by Crippen LogP contribution is 2.36. The molecule has 4 aliphatic rings. The zero-order valence-electron chi connectivity index (χ0n) is 33.1. The van der Waals surface area contributed by atoms with E-state index in [9.17, 15) is 28.8 Å². The lowest BCUT2D eigenvalue weighted by Crippen LogP contribution is -2.23. The maximum absolute atomic E-state index is 12.3. The number of Topliss-reactive ketones (excluding diaryl/α,β-unsaturated/α-hetero) is 2. The fourth-order valence-corrected chi connectivity index (χ4v) is 6.94. The Morgan fingerprint density at radius 3 is 1.18 bits per heavy atom. The minimum atomic E-state index is -1.26. The van der Waals surface area contributed by atoms with Gasteiger partial charge in [0, 0.05) is 0 Å². The van der Waals surface area contributed by atoms with E-state index in [0.29, 0.717) is 0 Å². The summed E-state index contributed by atoms with van der Waals surface area (Å²) in [6.45, 7) is 8.28. The molecule has 13 nitrogen and oxygen atoms in total. The van der Waals surface area contributed by atoms with E-state index in [1.165, 1.54) is 77.0 Å². The Balaban J connectivity index is 0.000000373. The number of ketones is 2. The minimum absolute atomic E-state index is 0. The van der Waals surface area contributed by atoms with E-state index in [1.807, 2.05) is 26.0 Å². The number of cyclic esters (lactones) is 2. The first-order chi connectivity index (χ1) is 25.7. The van der Waals surface area contributed by atoms with Crippen LogP contribution in [0, 0.1) is 0 Å². The van der Waals surface area contributed by atoms with E-state index in [1.54, 1.807) is 12.2 Å². The van der Waals surface area contributed by atoms with Gasteiger partial charge in [0.15, 0.2) is 12.2 Å². The van der Waals surface area contributed by atoms with Crippen LogP contribution in [0.4, 0.5) is 0 Å². The van der Waals surface area contributed by atoms with Gasteiger partial charge < -0.3 is 34.6 Å². The van der Waals surface area contributed by atoms with E-state index in [0.717, 1.165) is 38.5 Å². The average molecular weight is 775 g/mol. The van der Waals surface area contributed by atoms with Crippen LogP contribution in [-0.2, 0) is 47.7 Å². The Morgan fingerprint density at radius 1 is 0.564 bits per heavy atom. The molecule has 0 saturated carbocycles. The Labute approximate surface area is 324 Å². The van der Waals surface area contributed by atoms with Gasteiger partial charge in [0.1, 0.15) is 33.9 Å². The lowest BCUT2D eigenvalue weighted by Gasteiger charge is -2.23. The average Bonchev–Trinajstić information content (AvgIpc) is 3.83. The number of hydrogen-bond donors (Lipinski definition) is 2. The Hall–Kier alpha value is -4.26. The molecular weight excluding hydrogens is 712 g/mol. The molecule has 55 heavy (non-hydrogen) atoms. The summed E-state index contributed by atoms with van der Waals surface area (Å²) < 4.78 is 21.6. The molecule has 0 aromatic rings. The van der Waals surface area contributed by atoms with E-state index in [-0.39, 0.29) is 28.1 Å². The van der Waals surface area contributed by atoms with Crippen molar-refractivity contribution < 1.29 is 63.4 Å². The number of hydrogen-bond acceptors (Lipinski definition) is 10. The van der Waals surface area contributed by atoms with Crippen molar-refractivity contribution in [2.24, 2.45) is 0 Å². The summed E-state index contributed by atoms with van der Waals surface area (Å²) in [6, 6.07) is 0. The first-order valence-corrected chi connectivity index (χ1v) is 19.9. The molecule has 4 N–H and O–H groups in total. The fraction of sp³-hybridized carbons (Fsp3) is 0.667. The van der Waals surface area contributed by atoms with Crippen molar-refractivity contribution in [3.05, 3.63) is 47.0 Å². The molecular formula is C42H62O13. The third-order valence-corrected chi connectivity index (χ3v) is 10.1. The van der Waals surface area contributed by atoms with Crippen molar-refractivity contribution in [1.29, 1.82) is 0 Å². The van der Waals surface area contributed by atoms with Crippen LogP contribution in [0.2, 0.25) is 0 Å². The van der Waals surface area contributed by atoms with Crippen molar-refractivity contribution in [1.82, 2.24) is 0 Å². The van der Waals surface area contributed by atoms with E-state index >= 15 is 0 Å². The topological polar surface area (TPSA) is 211 Å². The van der Waals surface area contributed by atoms with Crippen LogP contribution < -0.4 is 0 Å². The lowest BCUT2D eigenvalue weighted by atomic mass is 9.98. The van der Waals surface area contributed by atoms with Gasteiger partial charge in [-0.3, -0.25) is 19.2 Å². The van der Waals surface area contributed by atoms with E-state index < -0.39 is 71.7 Å². The van der Waals surface area contributed by atoms with Crippen molar-refractivity contribution in [3.8, 4) is 0 Å². The smallest absolute Gasteiger partial charge is 0.346 e. The van der Waals surface area contributed by atoms with Crippen LogP contribution in [-0.4, -0.2) is 74.5 Å². The zero-order chi connectivity index (χ0) is 39.7. The van der Waals surface area contributed by atoms with Crippen LogP contribution in [0.1, 0.15) is 156 Å². The highest BCUT2D eigenvalue weighted by atomic mass is 16.6. The van der Waals surface area contributed by atoms with Gasteiger partial charge in [-0.2, -0.15) is 0 Å². The van der Waals surface area contributed by atoms with Crippen molar-refractivity contribution in [3.63, 3.8) is 0 Å². The number of ether oxygens (including phenoxy) is 4. The number of allylic oxidation sites excluding steroid dienone is 2. The number of aliphatic carboxylic acids is 2. The van der Waals surface area contributed by atoms with E-state index in [2.05, 4.69) is 13.8 Å². The third kappa shape index (κ3) is 14.7. The Bertz CT molecular complexity index is 1380. The lowest BCUT2D eigenvalue weighted by molar-refractivity contribution is -0.148. The number of carboxylic acids is 2. The molecule has 0 amide bonds. The fourth-order valence-electron chi connectivity index (χ4n) is 6.94. The number of rotatable bonds is 22. The molecule has 0 bridgehead atoms. The molecule has 0 aromatic heterocycles. The molecule has 0 aliphatic carbocycles. The second-order valence-corrected chi connectivity index (χ2v) is 15.1. The summed E-state index contributed by atoms with van der Waals surface area (Å²) in [6.07, 6.45) is 24.6. The highest BCUT2D eigenvalue weighted by molar-refractivity contribution is 6.25. The standard InChI is InChI=1S/2C21H30O6.H2O/c2*1-3-4-5-6-7-8-9-10-12-21(2)13-11-15(27-21)18-19(24)16(14-17(22)23)26-20(18)25;/h2*11,13,16H,3-10,12,14H2,1-2H3,(H,22,23);1H2/b2*18-15-;/t2*16-,21+;/m11./s1. The molecule has 0 radical (unpaired) electrons. The van der Waals surface area contributed by atoms with Gasteiger partial charge >= 0.3 is 23.9 Å². The largest absolute Gasteiger partial charge is 0.482 e. The maximum Gasteiger partial charge on any atom is 0.346 e. The third-order valence-electron chi connectivity index (χ3n) is 10.1. The molecule has 0 unspecified atom stereocenters. The zero-order valence-corrected chi connectivity index (χ0v) is 33.1. The van der Waals surface area contributed by atoms with Crippen LogP contribution in [0.5, 0.6) is 0 Å². The summed E-state index contributed by atoms with van der Waals surface area (Å²) in [5, 5.41) is 17.6. The quantitative estimate of drug-likeness (QED) is 0.0479. The predicted molar refractivity (Wildman–Crippen MR) is 204 cm³/mol. The number of unbranched alkanes of at least 4 members (excludes halogenated alkanes) is 14. The molecule has 308 valence electrons. The number of carboxylic acid groups (broad SMARTS) is 2. The van der Waals surface area contributed by atoms with Gasteiger partial charge in [0.25, 0.3) is 0 Å². The Kier molecular flexibility index (Phi) is 19.6. The SMILES string of the molecule is CCCCCCCCCC[C@@]1(C)C=C/C(=C2/C(=O)O[C@H](CC(=O)O)C2=O)O1.CCCCCCCCCC[C@@]1(C)C=C/C(=C2/C(=O)O[C@H](CC(=O)O)C2=O)O1.O. The first kappa shape index (κ1) is 46.9. The molecule has 0 aromatic carbocycles. The summed E-state index contributed by atoms with van der Waals surface area (Å²) in [4.78, 5) is 70.1. The van der Waals surface area contributed by atoms with Gasteiger partial charge in [0.05, 0.1) is 12.8 Å². The van der Waals surface area contributed by atoms with Crippen LogP contribution in [0.25, 0.3) is 0 Å². The summed E-state index contributed by atoms with van der Waals surface area (Å²) in [5.74, 6) is -4.81. The Morgan fingerprint density at radius 2 is 0.873 bits per heavy atom. The van der Waals surface area contributed by atoms with Gasteiger partial charge in [-0.05, 0) is 63.8 Å². The molecule has 4 heterocycles. The maximum atomic E-state index is 12.3. The molecule has 13 heteroatoms. The van der Waals surface area contributed by atoms with Gasteiger partial charge in [-0.15, -0.1) is 0 Å². The molecule has 4 aliphatic heterocycles. The van der Waals surface area contributed by atoms with Crippen molar-refractivity contribution in [2.45, 2.75) is 180 Å². The number of carbonyl (C=O) groups excluding carboxylic acids is 4. The monoisotopic (exact) mass is 774 g/mol. The number of esters is 2. The molecule has 2 fully saturated rings. The van der Waals surface area contributed by atoms with Gasteiger partial charge in [-0.25, -0.2) is 9.59 Å².